The number of rotatable bonds is 3. The molecule has 0 N–H and O–H groups in total. The normalized spacial score (nSPS) is 17.5. The topological polar surface area (TPSA) is 72.4 Å². The molecule has 1 aliphatic heterocycles. The highest BCUT2D eigenvalue weighted by Gasteiger charge is 2.36. The highest BCUT2D eigenvalue weighted by atomic mass is 79.9. The van der Waals surface area contributed by atoms with E-state index in [0.29, 0.717) is 16.3 Å². The van der Waals surface area contributed by atoms with Gasteiger partial charge in [-0.2, -0.15) is 4.98 Å². The number of halogens is 3. The number of nitrogens with zero attached hydrogens (tertiary/aromatic N) is 3. The molecule has 3 aromatic rings. The van der Waals surface area contributed by atoms with Crippen LogP contribution in [-0.2, 0) is 4.79 Å². The van der Waals surface area contributed by atoms with Crippen molar-refractivity contribution < 1.29 is 18.1 Å². The van der Waals surface area contributed by atoms with Crippen molar-refractivity contribution in [1.82, 2.24) is 10.1 Å². The number of anilines is 1. The average Bonchev–Trinajstić information content (AvgIpc) is 3.27. The van der Waals surface area contributed by atoms with E-state index in [4.69, 9.17) is 20.5 Å². The van der Waals surface area contributed by atoms with Crippen LogP contribution in [0.4, 0.5) is 10.1 Å². The van der Waals surface area contributed by atoms with Crippen LogP contribution in [0.3, 0.4) is 0 Å². The fourth-order valence-electron chi connectivity index (χ4n) is 2.74. The van der Waals surface area contributed by atoms with Gasteiger partial charge in [0.1, 0.15) is 5.82 Å². The van der Waals surface area contributed by atoms with Crippen molar-refractivity contribution in [3.05, 3.63) is 51.7 Å². The van der Waals surface area contributed by atoms with Gasteiger partial charge >= 0.3 is 0 Å². The lowest BCUT2D eigenvalue weighted by molar-refractivity contribution is -0.117. The molecule has 128 valence electrons. The first-order chi connectivity index (χ1) is 12.0. The summed E-state index contributed by atoms with van der Waals surface area (Å²) in [4.78, 5) is 18.0. The summed E-state index contributed by atoms with van der Waals surface area (Å²) < 4.78 is 25.2. The molecule has 1 saturated heterocycles. The molecule has 0 aliphatic carbocycles. The van der Waals surface area contributed by atoms with Crippen LogP contribution in [-0.4, -0.2) is 22.6 Å². The van der Waals surface area contributed by atoms with Gasteiger partial charge in [-0.15, -0.1) is 0 Å². The summed E-state index contributed by atoms with van der Waals surface area (Å²) in [5.41, 5.74) is 0.190. The molecule has 3 heterocycles. The van der Waals surface area contributed by atoms with Crippen molar-refractivity contribution in [3.63, 3.8) is 0 Å². The highest BCUT2D eigenvalue weighted by Crippen LogP contribution is 2.34. The van der Waals surface area contributed by atoms with Gasteiger partial charge in [-0.05, 0) is 46.3 Å². The average molecular weight is 427 g/mol. The third kappa shape index (κ3) is 3.07. The van der Waals surface area contributed by atoms with E-state index in [1.54, 1.807) is 18.2 Å². The Labute approximate surface area is 154 Å². The number of hydrogen-bond donors (Lipinski definition) is 0. The lowest BCUT2D eigenvalue weighted by Crippen LogP contribution is -2.25. The first-order valence-electron chi connectivity index (χ1n) is 7.36. The number of furan rings is 1. The second-order valence-corrected chi connectivity index (χ2v) is 6.78. The maximum atomic E-state index is 14.1. The van der Waals surface area contributed by atoms with Crippen LogP contribution in [0.2, 0.25) is 5.02 Å². The van der Waals surface area contributed by atoms with Gasteiger partial charge in [-0.3, -0.25) is 4.79 Å². The molecule has 0 radical (unpaired) electrons. The quantitative estimate of drug-likeness (QED) is 0.620. The molecule has 1 aliphatic rings. The van der Waals surface area contributed by atoms with E-state index >= 15 is 0 Å². The second kappa shape index (κ2) is 6.27. The van der Waals surface area contributed by atoms with Crippen LogP contribution < -0.4 is 4.90 Å². The van der Waals surface area contributed by atoms with Crippen LogP contribution in [0.5, 0.6) is 0 Å². The molecule has 1 fully saturated rings. The first-order valence-corrected chi connectivity index (χ1v) is 8.53. The number of hydrogen-bond acceptors (Lipinski definition) is 5. The number of amides is 1. The zero-order valence-corrected chi connectivity index (χ0v) is 14.9. The molecule has 25 heavy (non-hydrogen) atoms. The molecule has 1 atom stereocenters. The lowest BCUT2D eigenvalue weighted by atomic mass is 10.1. The molecule has 0 spiro atoms. The molecular formula is C16H10BrClFN3O3. The van der Waals surface area contributed by atoms with Crippen molar-refractivity contribution in [2.45, 2.75) is 12.3 Å². The van der Waals surface area contributed by atoms with Gasteiger partial charge in [-0.1, -0.05) is 16.8 Å². The molecule has 2 aromatic heterocycles. The summed E-state index contributed by atoms with van der Waals surface area (Å²) in [6.45, 7) is 0.262. The Morgan fingerprint density at radius 2 is 2.16 bits per heavy atom. The van der Waals surface area contributed by atoms with Gasteiger partial charge < -0.3 is 13.8 Å². The number of aromatic nitrogens is 2. The van der Waals surface area contributed by atoms with E-state index in [9.17, 15) is 9.18 Å². The minimum atomic E-state index is -0.546. The zero-order chi connectivity index (χ0) is 17.6. The Balaban J connectivity index is 1.57. The fraction of sp³-hybridized carbons (Fsp3) is 0.188. The van der Waals surface area contributed by atoms with Crippen molar-refractivity contribution in [3.8, 4) is 11.7 Å². The van der Waals surface area contributed by atoms with E-state index in [1.807, 2.05) is 0 Å². The van der Waals surface area contributed by atoms with Crippen LogP contribution >= 0.6 is 27.5 Å². The molecule has 1 amide bonds. The Morgan fingerprint density at radius 3 is 2.88 bits per heavy atom. The van der Waals surface area contributed by atoms with Crippen molar-refractivity contribution in [1.29, 1.82) is 0 Å². The highest BCUT2D eigenvalue weighted by molar-refractivity contribution is 9.10. The molecule has 4 rings (SSSR count). The SMILES string of the molecule is O=C1CC(c2noc(-c3ccc(Br)o3)n2)CN1c1ccc(Cl)cc1F. The fourth-order valence-corrected chi connectivity index (χ4v) is 3.21. The minimum absolute atomic E-state index is 0.170. The summed E-state index contributed by atoms with van der Waals surface area (Å²) in [6.07, 6.45) is 0.170. The number of carbonyl (C=O) groups excluding carboxylic acids is 1. The van der Waals surface area contributed by atoms with Crippen LogP contribution in [0.15, 0.2) is 43.9 Å². The van der Waals surface area contributed by atoms with Gasteiger partial charge in [-0.25, -0.2) is 4.39 Å². The molecule has 9 heteroatoms. The summed E-state index contributed by atoms with van der Waals surface area (Å²) in [7, 11) is 0. The largest absolute Gasteiger partial charge is 0.444 e. The zero-order valence-electron chi connectivity index (χ0n) is 12.6. The first kappa shape index (κ1) is 16.3. The summed E-state index contributed by atoms with van der Waals surface area (Å²) in [5, 5.41) is 4.20. The van der Waals surface area contributed by atoms with E-state index in [0.717, 1.165) is 0 Å². The van der Waals surface area contributed by atoms with Crippen LogP contribution in [0.1, 0.15) is 18.2 Å². The predicted molar refractivity (Wildman–Crippen MR) is 90.8 cm³/mol. The lowest BCUT2D eigenvalue weighted by Gasteiger charge is -2.17. The maximum Gasteiger partial charge on any atom is 0.293 e. The Kier molecular flexibility index (Phi) is 4.09. The molecule has 0 saturated carbocycles. The van der Waals surface area contributed by atoms with Crippen LogP contribution in [0.25, 0.3) is 11.7 Å². The van der Waals surface area contributed by atoms with E-state index < -0.39 is 5.82 Å². The predicted octanol–water partition coefficient (Wildman–Crippen LogP) is 4.41. The second-order valence-electron chi connectivity index (χ2n) is 5.56. The van der Waals surface area contributed by atoms with E-state index in [2.05, 4.69) is 26.1 Å². The van der Waals surface area contributed by atoms with Gasteiger partial charge in [0.2, 0.25) is 5.91 Å². The third-order valence-electron chi connectivity index (χ3n) is 3.92. The number of benzene rings is 1. The van der Waals surface area contributed by atoms with Crippen LogP contribution in [0, 0.1) is 5.82 Å². The number of carbonyl (C=O) groups is 1. The smallest absolute Gasteiger partial charge is 0.293 e. The summed E-state index contributed by atoms with van der Waals surface area (Å²) in [5.74, 6) is -0.0138. The molecule has 6 nitrogen and oxygen atoms in total. The molecule has 1 unspecified atom stereocenters. The van der Waals surface area contributed by atoms with E-state index in [-0.39, 0.29) is 41.4 Å². The standard InChI is InChI=1S/C16H10BrClFN3O3/c17-13-4-3-12(24-13)16-20-15(21-25-16)8-5-14(23)22(7-8)11-2-1-9(18)6-10(11)19/h1-4,6,8H,5,7H2. The molecule has 0 bridgehead atoms. The third-order valence-corrected chi connectivity index (χ3v) is 4.58. The Morgan fingerprint density at radius 1 is 1.32 bits per heavy atom. The van der Waals surface area contributed by atoms with Gasteiger partial charge in [0.25, 0.3) is 5.89 Å². The summed E-state index contributed by atoms with van der Waals surface area (Å²) >= 11 is 8.96. The van der Waals surface area contributed by atoms with Crippen molar-refractivity contribution >= 4 is 39.1 Å². The van der Waals surface area contributed by atoms with Gasteiger partial charge in [0, 0.05) is 23.9 Å². The van der Waals surface area contributed by atoms with Gasteiger partial charge in [0.05, 0.1) is 5.69 Å². The van der Waals surface area contributed by atoms with Crippen molar-refractivity contribution in [2.24, 2.45) is 0 Å². The monoisotopic (exact) mass is 425 g/mol. The Hall–Kier alpha value is -2.19. The minimum Gasteiger partial charge on any atom is -0.444 e. The molecule has 1 aromatic carbocycles. The summed E-state index contributed by atoms with van der Waals surface area (Å²) in [6, 6.07) is 7.61. The van der Waals surface area contributed by atoms with Crippen molar-refractivity contribution in [2.75, 3.05) is 11.4 Å². The van der Waals surface area contributed by atoms with E-state index in [1.165, 1.54) is 17.0 Å². The molecular weight excluding hydrogens is 417 g/mol. The van der Waals surface area contributed by atoms with Gasteiger partial charge in [0.15, 0.2) is 16.3 Å². The Bertz CT molecular complexity index is 958. The maximum absolute atomic E-state index is 14.1.